The largest absolute Gasteiger partial charge is 0.383 e. The number of rotatable bonds is 3. The lowest BCUT2D eigenvalue weighted by Crippen LogP contribution is -2.29. The van der Waals surface area contributed by atoms with Gasteiger partial charge in [0, 0.05) is 19.0 Å². The van der Waals surface area contributed by atoms with Crippen molar-refractivity contribution in [1.29, 1.82) is 0 Å². The van der Waals surface area contributed by atoms with Gasteiger partial charge in [-0.15, -0.1) is 0 Å². The first-order chi connectivity index (χ1) is 7.72. The number of hydrogen-bond acceptors (Lipinski definition) is 2. The van der Waals surface area contributed by atoms with Gasteiger partial charge in [0.15, 0.2) is 0 Å². The normalized spacial score (nSPS) is 25.1. The summed E-state index contributed by atoms with van der Waals surface area (Å²) in [5, 5.41) is 9.47. The number of halogens is 1. The van der Waals surface area contributed by atoms with Gasteiger partial charge in [-0.3, -0.25) is 9.18 Å². The van der Waals surface area contributed by atoms with Crippen LogP contribution in [-0.4, -0.2) is 35.2 Å². The second kappa shape index (κ2) is 4.61. The summed E-state index contributed by atoms with van der Waals surface area (Å²) in [7, 11) is 0. The molecule has 0 aliphatic carbocycles. The highest BCUT2D eigenvalue weighted by Crippen LogP contribution is 2.21. The molecule has 2 unspecified atom stereocenters. The first-order valence-corrected chi connectivity index (χ1v) is 5.29. The van der Waals surface area contributed by atoms with Crippen molar-refractivity contribution >= 4 is 5.91 Å². The van der Waals surface area contributed by atoms with E-state index >= 15 is 0 Å². The molecule has 1 aliphatic rings. The van der Waals surface area contributed by atoms with Crippen LogP contribution in [0.2, 0.25) is 0 Å². The van der Waals surface area contributed by atoms with E-state index in [2.05, 4.69) is 0 Å². The first kappa shape index (κ1) is 11.1. The Hall–Kier alpha value is -1.42. The van der Waals surface area contributed by atoms with Crippen LogP contribution in [0.4, 0.5) is 4.39 Å². The summed E-state index contributed by atoms with van der Waals surface area (Å²) in [6, 6.07) is 9.48. The van der Waals surface area contributed by atoms with Gasteiger partial charge in [0.2, 0.25) is 0 Å². The number of carbonyl (C=O) groups excluding carboxylic acids is 1. The van der Waals surface area contributed by atoms with Crippen LogP contribution in [0.5, 0.6) is 0 Å². The van der Waals surface area contributed by atoms with E-state index in [0.29, 0.717) is 13.1 Å². The highest BCUT2D eigenvalue weighted by Gasteiger charge is 2.38. The molecule has 1 aliphatic heterocycles. The molecule has 16 heavy (non-hydrogen) atoms. The van der Waals surface area contributed by atoms with E-state index in [-0.39, 0.29) is 5.91 Å². The van der Waals surface area contributed by atoms with Crippen LogP contribution in [0, 0.1) is 5.92 Å². The molecule has 2 atom stereocenters. The SMILES string of the molecule is O=C1C(O)C(CF)CN1Cc1ccccc1. The van der Waals surface area contributed by atoms with Gasteiger partial charge in [0.25, 0.3) is 5.91 Å². The lowest BCUT2D eigenvalue weighted by Gasteiger charge is -2.15. The van der Waals surface area contributed by atoms with Crippen molar-refractivity contribution in [3.05, 3.63) is 35.9 Å². The van der Waals surface area contributed by atoms with Crippen molar-refractivity contribution in [2.45, 2.75) is 12.6 Å². The zero-order valence-corrected chi connectivity index (χ0v) is 8.84. The smallest absolute Gasteiger partial charge is 0.252 e. The molecule has 0 radical (unpaired) electrons. The average Bonchev–Trinajstić information content (AvgIpc) is 2.58. The maximum absolute atomic E-state index is 12.5. The third kappa shape index (κ3) is 2.07. The van der Waals surface area contributed by atoms with Gasteiger partial charge in [-0.25, -0.2) is 0 Å². The lowest BCUT2D eigenvalue weighted by atomic mass is 10.1. The Morgan fingerprint density at radius 1 is 1.38 bits per heavy atom. The van der Waals surface area contributed by atoms with Crippen LogP contribution in [0.1, 0.15) is 5.56 Å². The van der Waals surface area contributed by atoms with Crippen LogP contribution in [0.15, 0.2) is 30.3 Å². The Bertz CT molecular complexity index is 369. The standard InChI is InChI=1S/C12H14FNO2/c13-6-10-8-14(12(16)11(10)15)7-9-4-2-1-3-5-9/h1-5,10-11,15H,6-8H2. The minimum atomic E-state index is -1.17. The van der Waals surface area contributed by atoms with E-state index < -0.39 is 18.7 Å². The molecule has 1 aromatic rings. The van der Waals surface area contributed by atoms with Crippen molar-refractivity contribution in [2.75, 3.05) is 13.2 Å². The van der Waals surface area contributed by atoms with Crippen molar-refractivity contribution in [2.24, 2.45) is 5.92 Å². The van der Waals surface area contributed by atoms with Gasteiger partial charge in [-0.2, -0.15) is 0 Å². The number of aliphatic hydroxyl groups is 1. The molecule has 1 saturated heterocycles. The zero-order chi connectivity index (χ0) is 11.5. The summed E-state index contributed by atoms with van der Waals surface area (Å²) in [5.41, 5.74) is 0.988. The van der Waals surface area contributed by atoms with Crippen LogP contribution in [0.25, 0.3) is 0 Å². The van der Waals surface area contributed by atoms with Crippen molar-refractivity contribution in [1.82, 2.24) is 4.90 Å². The Labute approximate surface area is 93.5 Å². The molecule has 2 rings (SSSR count). The first-order valence-electron chi connectivity index (χ1n) is 5.29. The third-order valence-corrected chi connectivity index (χ3v) is 2.88. The molecule has 1 fully saturated rings. The fourth-order valence-electron chi connectivity index (χ4n) is 1.94. The minimum Gasteiger partial charge on any atom is -0.383 e. The number of alkyl halides is 1. The van der Waals surface area contributed by atoms with E-state index in [1.807, 2.05) is 30.3 Å². The van der Waals surface area contributed by atoms with E-state index in [1.165, 1.54) is 4.90 Å². The van der Waals surface area contributed by atoms with Crippen molar-refractivity contribution < 1.29 is 14.3 Å². The Balaban J connectivity index is 2.04. The van der Waals surface area contributed by atoms with Crippen molar-refractivity contribution in [3.63, 3.8) is 0 Å². The predicted molar refractivity (Wildman–Crippen MR) is 57.3 cm³/mol. The monoisotopic (exact) mass is 223 g/mol. The summed E-state index contributed by atoms with van der Waals surface area (Å²) in [6.07, 6.45) is -1.17. The molecule has 86 valence electrons. The molecule has 0 saturated carbocycles. The number of carbonyl (C=O) groups is 1. The third-order valence-electron chi connectivity index (χ3n) is 2.88. The molecular weight excluding hydrogens is 209 g/mol. The van der Waals surface area contributed by atoms with Crippen LogP contribution < -0.4 is 0 Å². The molecule has 1 N–H and O–H groups in total. The van der Waals surface area contributed by atoms with Gasteiger partial charge < -0.3 is 10.0 Å². The molecule has 1 aromatic carbocycles. The van der Waals surface area contributed by atoms with Gasteiger partial charge in [0.1, 0.15) is 6.10 Å². The number of benzene rings is 1. The Morgan fingerprint density at radius 2 is 2.06 bits per heavy atom. The zero-order valence-electron chi connectivity index (χ0n) is 8.84. The molecule has 4 heteroatoms. The molecule has 0 spiro atoms. The van der Waals surface area contributed by atoms with Crippen LogP contribution in [-0.2, 0) is 11.3 Å². The van der Waals surface area contributed by atoms with Crippen molar-refractivity contribution in [3.8, 4) is 0 Å². The minimum absolute atomic E-state index is 0.297. The molecule has 0 aromatic heterocycles. The van der Waals surface area contributed by atoms with Crippen LogP contribution >= 0.6 is 0 Å². The summed E-state index contributed by atoms with van der Waals surface area (Å²) < 4.78 is 12.5. The predicted octanol–water partition coefficient (Wildman–Crippen LogP) is 0.975. The summed E-state index contributed by atoms with van der Waals surface area (Å²) in [5.74, 6) is -0.942. The van der Waals surface area contributed by atoms with E-state index in [1.54, 1.807) is 0 Å². The number of amides is 1. The van der Waals surface area contributed by atoms with Gasteiger partial charge >= 0.3 is 0 Å². The second-order valence-electron chi connectivity index (χ2n) is 4.06. The average molecular weight is 223 g/mol. The maximum Gasteiger partial charge on any atom is 0.252 e. The summed E-state index contributed by atoms with van der Waals surface area (Å²) in [4.78, 5) is 13.1. The maximum atomic E-state index is 12.5. The molecule has 1 heterocycles. The topological polar surface area (TPSA) is 40.5 Å². The Kier molecular flexibility index (Phi) is 3.19. The number of hydrogen-bond donors (Lipinski definition) is 1. The molecule has 1 amide bonds. The molecule has 3 nitrogen and oxygen atoms in total. The van der Waals surface area contributed by atoms with Gasteiger partial charge in [-0.1, -0.05) is 30.3 Å². The van der Waals surface area contributed by atoms with E-state index in [9.17, 15) is 14.3 Å². The number of aliphatic hydroxyl groups excluding tert-OH is 1. The van der Waals surface area contributed by atoms with Gasteiger partial charge in [-0.05, 0) is 5.56 Å². The van der Waals surface area contributed by atoms with E-state index in [0.717, 1.165) is 5.56 Å². The number of nitrogens with zero attached hydrogens (tertiary/aromatic N) is 1. The summed E-state index contributed by atoms with van der Waals surface area (Å²) >= 11 is 0. The molecule has 0 bridgehead atoms. The lowest BCUT2D eigenvalue weighted by molar-refractivity contribution is -0.135. The highest BCUT2D eigenvalue weighted by molar-refractivity contribution is 5.83. The second-order valence-corrected chi connectivity index (χ2v) is 4.06. The number of likely N-dealkylation sites (tertiary alicyclic amines) is 1. The highest BCUT2D eigenvalue weighted by atomic mass is 19.1. The van der Waals surface area contributed by atoms with Crippen LogP contribution in [0.3, 0.4) is 0 Å². The Morgan fingerprint density at radius 3 is 2.62 bits per heavy atom. The quantitative estimate of drug-likeness (QED) is 0.829. The fraction of sp³-hybridized carbons (Fsp3) is 0.417. The molecular formula is C12H14FNO2. The summed E-state index contributed by atoms with van der Waals surface area (Å²) in [6.45, 7) is 0.0802. The fourth-order valence-corrected chi connectivity index (χ4v) is 1.94. The van der Waals surface area contributed by atoms with Gasteiger partial charge in [0.05, 0.1) is 6.67 Å². The van der Waals surface area contributed by atoms with E-state index in [4.69, 9.17) is 0 Å².